The Bertz CT molecular complexity index is 358. The molecule has 0 radical (unpaired) electrons. The van der Waals surface area contributed by atoms with Crippen LogP contribution in [0.2, 0.25) is 0 Å². The molecular weight excluding hydrogens is 270 g/mol. The number of rotatable bonds is 3. The van der Waals surface area contributed by atoms with Crippen LogP contribution in [0, 0.1) is 11.8 Å². The lowest BCUT2D eigenvalue weighted by molar-refractivity contribution is -0.138. The molecule has 1 unspecified atom stereocenters. The van der Waals surface area contributed by atoms with Gasteiger partial charge in [-0.1, -0.05) is 19.1 Å². The maximum absolute atomic E-state index is 12.5. The van der Waals surface area contributed by atoms with E-state index in [0.29, 0.717) is 10.9 Å². The molecule has 2 rings (SSSR count). The van der Waals surface area contributed by atoms with Crippen LogP contribution in [0.3, 0.4) is 0 Å². The van der Waals surface area contributed by atoms with Crippen molar-refractivity contribution < 1.29 is 4.79 Å². The van der Waals surface area contributed by atoms with Crippen LogP contribution in [0.1, 0.15) is 39.5 Å². The van der Waals surface area contributed by atoms with Crippen molar-refractivity contribution in [3.05, 3.63) is 0 Å². The van der Waals surface area contributed by atoms with Gasteiger partial charge in [0.25, 0.3) is 0 Å². The van der Waals surface area contributed by atoms with Crippen LogP contribution >= 0.6 is 12.2 Å². The quantitative estimate of drug-likeness (QED) is 0.805. The molecule has 1 amide bonds. The van der Waals surface area contributed by atoms with E-state index in [2.05, 4.69) is 11.8 Å². The second-order valence-corrected chi connectivity index (χ2v) is 6.87. The predicted molar refractivity (Wildman–Crippen MR) is 85.5 cm³/mol. The molecule has 1 aliphatic carbocycles. The molecule has 20 heavy (non-hydrogen) atoms. The number of nitrogens with two attached hydrogens (primary N) is 1. The summed E-state index contributed by atoms with van der Waals surface area (Å²) in [5, 5.41) is 0. The van der Waals surface area contributed by atoms with Crippen LogP contribution in [0.5, 0.6) is 0 Å². The van der Waals surface area contributed by atoms with Gasteiger partial charge in [0.1, 0.15) is 0 Å². The maximum Gasteiger partial charge on any atom is 0.225 e. The van der Waals surface area contributed by atoms with E-state index >= 15 is 0 Å². The Morgan fingerprint density at radius 1 is 1.15 bits per heavy atom. The van der Waals surface area contributed by atoms with Gasteiger partial charge in [0.05, 0.1) is 11.0 Å². The summed E-state index contributed by atoms with van der Waals surface area (Å²) in [4.78, 5) is 17.4. The highest BCUT2D eigenvalue weighted by Crippen LogP contribution is 2.29. The Labute approximate surface area is 127 Å². The van der Waals surface area contributed by atoms with E-state index in [0.717, 1.165) is 44.9 Å². The van der Waals surface area contributed by atoms with Gasteiger partial charge in [-0.05, 0) is 38.5 Å². The van der Waals surface area contributed by atoms with Crippen LogP contribution in [0.25, 0.3) is 0 Å². The maximum atomic E-state index is 12.5. The molecule has 1 atom stereocenters. The summed E-state index contributed by atoms with van der Waals surface area (Å²) in [6.07, 6.45) is 4.55. The van der Waals surface area contributed by atoms with Crippen molar-refractivity contribution in [3.8, 4) is 0 Å². The van der Waals surface area contributed by atoms with E-state index in [9.17, 15) is 4.79 Å². The van der Waals surface area contributed by atoms with Gasteiger partial charge >= 0.3 is 0 Å². The van der Waals surface area contributed by atoms with Gasteiger partial charge in [-0.2, -0.15) is 0 Å². The molecule has 0 aromatic carbocycles. The fourth-order valence-electron chi connectivity index (χ4n) is 3.27. The Morgan fingerprint density at radius 3 is 2.20 bits per heavy atom. The number of carbonyl (C=O) groups excluding carboxylic acids is 1. The average molecular weight is 297 g/mol. The number of thiocarbonyl (C=S) groups is 1. The third kappa shape index (κ3) is 3.70. The molecule has 5 heteroatoms. The van der Waals surface area contributed by atoms with Crippen molar-refractivity contribution >= 4 is 23.1 Å². The Morgan fingerprint density at radius 2 is 1.70 bits per heavy atom. The zero-order valence-corrected chi connectivity index (χ0v) is 13.5. The number of nitrogens with zero attached hydrogens (tertiary/aromatic N) is 2. The Balaban J connectivity index is 1.81. The fourth-order valence-corrected chi connectivity index (χ4v) is 3.42. The second kappa shape index (κ2) is 6.85. The predicted octanol–water partition coefficient (Wildman–Crippen LogP) is 1.63. The number of carbonyl (C=O) groups is 1. The van der Waals surface area contributed by atoms with Crippen molar-refractivity contribution in [2.24, 2.45) is 17.6 Å². The summed E-state index contributed by atoms with van der Waals surface area (Å²) in [7, 11) is 0. The van der Waals surface area contributed by atoms with Crippen LogP contribution in [0.15, 0.2) is 0 Å². The lowest BCUT2D eigenvalue weighted by Gasteiger charge is -2.39. The summed E-state index contributed by atoms with van der Waals surface area (Å²) >= 11 is 5.05. The smallest absolute Gasteiger partial charge is 0.225 e. The minimum Gasteiger partial charge on any atom is -0.392 e. The molecule has 0 aromatic rings. The summed E-state index contributed by atoms with van der Waals surface area (Å²) in [6, 6.07) is 0.137. The number of amides is 1. The first-order chi connectivity index (χ1) is 9.49. The molecule has 1 aliphatic heterocycles. The van der Waals surface area contributed by atoms with Gasteiger partial charge in [0.2, 0.25) is 5.91 Å². The lowest BCUT2D eigenvalue weighted by atomic mass is 9.82. The zero-order valence-electron chi connectivity index (χ0n) is 12.7. The molecule has 0 bridgehead atoms. The molecule has 4 nitrogen and oxygen atoms in total. The second-order valence-electron chi connectivity index (χ2n) is 6.40. The SMILES string of the molecule is CC1CCC(C(=O)N2CCN(C(C)C(N)=S)CC2)CC1. The molecule has 0 spiro atoms. The van der Waals surface area contributed by atoms with Gasteiger partial charge in [0, 0.05) is 32.1 Å². The third-order valence-electron chi connectivity index (χ3n) is 4.95. The van der Waals surface area contributed by atoms with E-state index in [1.807, 2.05) is 11.8 Å². The molecule has 2 fully saturated rings. The first kappa shape index (κ1) is 15.7. The summed E-state index contributed by atoms with van der Waals surface area (Å²) in [6.45, 7) is 7.73. The summed E-state index contributed by atoms with van der Waals surface area (Å²) in [5.41, 5.74) is 5.70. The average Bonchev–Trinajstić information content (AvgIpc) is 2.46. The van der Waals surface area contributed by atoms with Crippen molar-refractivity contribution in [2.45, 2.75) is 45.6 Å². The normalized spacial score (nSPS) is 30.0. The van der Waals surface area contributed by atoms with Crippen molar-refractivity contribution in [1.82, 2.24) is 9.80 Å². The standard InChI is InChI=1S/C15H27N3OS/c1-11-3-5-13(6-4-11)15(19)18-9-7-17(8-10-18)12(2)14(16)20/h11-13H,3-10H2,1-2H3,(H2,16,20). The third-order valence-corrected chi connectivity index (χ3v) is 5.29. The molecule has 1 saturated carbocycles. The molecule has 1 heterocycles. The molecule has 0 aromatic heterocycles. The van der Waals surface area contributed by atoms with Gasteiger partial charge in [-0.3, -0.25) is 9.69 Å². The zero-order chi connectivity index (χ0) is 14.7. The monoisotopic (exact) mass is 297 g/mol. The first-order valence-electron chi connectivity index (χ1n) is 7.81. The van der Waals surface area contributed by atoms with E-state index in [4.69, 9.17) is 18.0 Å². The van der Waals surface area contributed by atoms with Gasteiger partial charge in [0.15, 0.2) is 0 Å². The number of piperazine rings is 1. The van der Waals surface area contributed by atoms with Gasteiger partial charge in [-0.25, -0.2) is 0 Å². The van der Waals surface area contributed by atoms with Crippen molar-refractivity contribution in [1.29, 1.82) is 0 Å². The minimum absolute atomic E-state index is 0.137. The highest BCUT2D eigenvalue weighted by Gasteiger charge is 2.31. The molecule has 114 valence electrons. The largest absolute Gasteiger partial charge is 0.392 e. The molecule has 2 N–H and O–H groups in total. The molecule has 2 aliphatic rings. The highest BCUT2D eigenvalue weighted by molar-refractivity contribution is 7.80. The molecule has 1 saturated heterocycles. The van der Waals surface area contributed by atoms with Crippen molar-refractivity contribution in [2.75, 3.05) is 26.2 Å². The van der Waals surface area contributed by atoms with Crippen LogP contribution in [-0.4, -0.2) is 52.9 Å². The first-order valence-corrected chi connectivity index (χ1v) is 8.22. The van der Waals surface area contributed by atoms with E-state index in [1.54, 1.807) is 0 Å². The van der Waals surface area contributed by atoms with E-state index < -0.39 is 0 Å². The Kier molecular flexibility index (Phi) is 5.38. The summed E-state index contributed by atoms with van der Waals surface area (Å²) in [5.74, 6) is 1.44. The number of hydrogen-bond acceptors (Lipinski definition) is 3. The van der Waals surface area contributed by atoms with Gasteiger partial charge < -0.3 is 10.6 Å². The van der Waals surface area contributed by atoms with E-state index in [1.165, 1.54) is 12.8 Å². The Hall–Kier alpha value is -0.680. The highest BCUT2D eigenvalue weighted by atomic mass is 32.1. The topological polar surface area (TPSA) is 49.6 Å². The summed E-state index contributed by atoms with van der Waals surface area (Å²) < 4.78 is 0. The van der Waals surface area contributed by atoms with Gasteiger partial charge in [-0.15, -0.1) is 0 Å². The van der Waals surface area contributed by atoms with Crippen LogP contribution in [-0.2, 0) is 4.79 Å². The minimum atomic E-state index is 0.137. The van der Waals surface area contributed by atoms with Crippen molar-refractivity contribution in [3.63, 3.8) is 0 Å². The fraction of sp³-hybridized carbons (Fsp3) is 0.867. The lowest BCUT2D eigenvalue weighted by Crippen LogP contribution is -2.55. The van der Waals surface area contributed by atoms with Crippen LogP contribution < -0.4 is 5.73 Å². The van der Waals surface area contributed by atoms with Crippen LogP contribution in [0.4, 0.5) is 0 Å². The van der Waals surface area contributed by atoms with E-state index in [-0.39, 0.29) is 12.0 Å². The molecular formula is C15H27N3OS. The number of hydrogen-bond donors (Lipinski definition) is 1.